The summed E-state index contributed by atoms with van der Waals surface area (Å²) in [6.45, 7) is 4.06. The molecule has 10 heteroatoms. The van der Waals surface area contributed by atoms with E-state index >= 15 is 0 Å². The third-order valence-electron chi connectivity index (χ3n) is 6.09. The molecule has 0 bridgehead atoms. The number of fused-ring (bicyclic) bond motifs is 1. The average Bonchev–Trinajstić information content (AvgIpc) is 2.96. The largest absolute Gasteiger partial charge is 0.373 e. The molecule has 0 aliphatic heterocycles. The number of benzene rings is 2. The van der Waals surface area contributed by atoms with Crippen LogP contribution in [0.2, 0.25) is 0 Å². The van der Waals surface area contributed by atoms with Crippen LogP contribution in [0.4, 0.5) is 24.8 Å². The van der Waals surface area contributed by atoms with Gasteiger partial charge in [-0.1, -0.05) is 29.9 Å². The minimum absolute atomic E-state index is 0.164. The van der Waals surface area contributed by atoms with Crippen molar-refractivity contribution in [1.29, 1.82) is 0 Å². The second-order valence-corrected chi connectivity index (χ2v) is 8.84. The van der Waals surface area contributed by atoms with Gasteiger partial charge in [-0.05, 0) is 55.3 Å². The van der Waals surface area contributed by atoms with E-state index in [2.05, 4.69) is 30.9 Å². The number of allylic oxidation sites excluding steroid dienone is 3. The third kappa shape index (κ3) is 6.40. The average molecular weight is 533 g/mol. The number of pyridine rings is 1. The summed E-state index contributed by atoms with van der Waals surface area (Å²) < 4.78 is 40.6. The van der Waals surface area contributed by atoms with Gasteiger partial charge < -0.3 is 16.0 Å². The molecule has 0 saturated carbocycles. The zero-order valence-electron chi connectivity index (χ0n) is 21.6. The van der Waals surface area contributed by atoms with Crippen LogP contribution in [-0.2, 0) is 6.54 Å². The van der Waals surface area contributed by atoms with Crippen molar-refractivity contribution in [2.45, 2.75) is 20.4 Å². The maximum absolute atomic E-state index is 13.9. The van der Waals surface area contributed by atoms with Crippen LogP contribution in [0, 0.1) is 17.5 Å². The maximum atomic E-state index is 13.9. The summed E-state index contributed by atoms with van der Waals surface area (Å²) in [5, 5.41) is 9.68. The Bertz CT molecular complexity index is 1590. The number of amides is 1. The molecule has 7 nitrogen and oxygen atoms in total. The second kappa shape index (κ2) is 12.2. The van der Waals surface area contributed by atoms with E-state index in [1.807, 2.05) is 51.2 Å². The Hall–Kier alpha value is -4.73. The van der Waals surface area contributed by atoms with Crippen LogP contribution in [0.1, 0.15) is 35.3 Å². The normalized spacial score (nSPS) is 11.9. The lowest BCUT2D eigenvalue weighted by Gasteiger charge is -2.12. The fourth-order valence-electron chi connectivity index (χ4n) is 3.85. The monoisotopic (exact) mass is 532 g/mol. The lowest BCUT2D eigenvalue weighted by Crippen LogP contribution is -2.25. The Kier molecular flexibility index (Phi) is 8.55. The highest BCUT2D eigenvalue weighted by atomic mass is 19.2. The van der Waals surface area contributed by atoms with Crippen molar-refractivity contribution in [3.63, 3.8) is 0 Å². The second-order valence-electron chi connectivity index (χ2n) is 8.84. The van der Waals surface area contributed by atoms with Crippen LogP contribution in [0.3, 0.4) is 0 Å². The quantitative estimate of drug-likeness (QED) is 0.184. The first-order valence-corrected chi connectivity index (χ1v) is 12.1. The number of halogens is 3. The van der Waals surface area contributed by atoms with Crippen molar-refractivity contribution >= 4 is 34.0 Å². The first-order chi connectivity index (χ1) is 18.8. The SMILES string of the molecule is CNc1ncnc2ccc(/C(C)=C/C=C(\C)CNc3ncccc3C(=O)NCc3ccc(F)c(F)c3F)cc12. The molecule has 2 aromatic carbocycles. The van der Waals surface area contributed by atoms with Gasteiger partial charge in [-0.2, -0.15) is 0 Å². The minimum atomic E-state index is -1.57. The van der Waals surface area contributed by atoms with Crippen molar-refractivity contribution in [2.75, 3.05) is 24.2 Å². The fourth-order valence-corrected chi connectivity index (χ4v) is 3.85. The number of nitrogens with zero attached hydrogens (tertiary/aromatic N) is 3. The Labute approximate surface area is 223 Å². The molecule has 0 fully saturated rings. The van der Waals surface area contributed by atoms with Gasteiger partial charge in [0.1, 0.15) is 18.0 Å². The molecule has 0 saturated heterocycles. The Balaban J connectivity index is 1.42. The van der Waals surface area contributed by atoms with Crippen molar-refractivity contribution in [3.05, 3.63) is 107 Å². The molecule has 0 spiro atoms. The molecule has 3 N–H and O–H groups in total. The molecule has 0 radical (unpaired) electrons. The van der Waals surface area contributed by atoms with Gasteiger partial charge in [0.05, 0.1) is 11.1 Å². The van der Waals surface area contributed by atoms with Crippen LogP contribution < -0.4 is 16.0 Å². The Morgan fingerprint density at radius 3 is 2.56 bits per heavy atom. The highest BCUT2D eigenvalue weighted by Gasteiger charge is 2.16. The van der Waals surface area contributed by atoms with E-state index in [0.29, 0.717) is 12.4 Å². The number of anilines is 2. The number of aromatic nitrogens is 3. The highest BCUT2D eigenvalue weighted by molar-refractivity contribution is 5.98. The van der Waals surface area contributed by atoms with Gasteiger partial charge >= 0.3 is 0 Å². The fraction of sp³-hybridized carbons (Fsp3) is 0.172. The molecule has 4 aromatic rings. The van der Waals surface area contributed by atoms with E-state index in [0.717, 1.165) is 45.6 Å². The number of carbonyl (C=O) groups is 1. The predicted molar refractivity (Wildman–Crippen MR) is 147 cm³/mol. The minimum Gasteiger partial charge on any atom is -0.373 e. The summed E-state index contributed by atoms with van der Waals surface area (Å²) >= 11 is 0. The number of nitrogens with one attached hydrogen (secondary N) is 3. The number of carbonyl (C=O) groups excluding carboxylic acids is 1. The van der Waals surface area contributed by atoms with E-state index in [-0.39, 0.29) is 17.7 Å². The van der Waals surface area contributed by atoms with Gasteiger partial charge in [0.15, 0.2) is 17.5 Å². The van der Waals surface area contributed by atoms with Crippen molar-refractivity contribution in [1.82, 2.24) is 20.3 Å². The number of rotatable bonds is 9. The zero-order valence-corrected chi connectivity index (χ0v) is 21.6. The lowest BCUT2D eigenvalue weighted by atomic mass is 10.0. The van der Waals surface area contributed by atoms with Gasteiger partial charge in [-0.3, -0.25) is 4.79 Å². The van der Waals surface area contributed by atoms with Crippen molar-refractivity contribution < 1.29 is 18.0 Å². The number of hydrogen-bond acceptors (Lipinski definition) is 6. The van der Waals surface area contributed by atoms with Crippen LogP contribution in [0.25, 0.3) is 16.5 Å². The smallest absolute Gasteiger partial charge is 0.255 e. The summed E-state index contributed by atoms with van der Waals surface area (Å²) in [6, 6.07) is 11.1. The summed E-state index contributed by atoms with van der Waals surface area (Å²) in [5.74, 6) is -3.63. The van der Waals surface area contributed by atoms with Crippen LogP contribution in [-0.4, -0.2) is 34.5 Å². The molecule has 200 valence electrons. The molecular formula is C29H27F3N6O. The molecule has 4 rings (SSSR count). The molecule has 0 aliphatic rings. The molecule has 1 amide bonds. The maximum Gasteiger partial charge on any atom is 0.255 e. The highest BCUT2D eigenvalue weighted by Crippen LogP contribution is 2.24. The number of hydrogen-bond donors (Lipinski definition) is 3. The van der Waals surface area contributed by atoms with E-state index in [9.17, 15) is 18.0 Å². The Morgan fingerprint density at radius 2 is 1.77 bits per heavy atom. The summed E-state index contributed by atoms with van der Waals surface area (Å²) in [5.41, 5.74) is 3.99. The Morgan fingerprint density at radius 1 is 0.949 bits per heavy atom. The molecular weight excluding hydrogens is 505 g/mol. The molecule has 0 atom stereocenters. The molecule has 2 heterocycles. The third-order valence-corrected chi connectivity index (χ3v) is 6.09. The standard InChI is InChI=1S/C29H27F3N6O/c1-17(6-7-18(2)19-9-11-24-22(13-19)27(33-3)38-16-37-24)14-35-28-21(5-4-12-34-28)29(39)36-15-20-8-10-23(30)26(32)25(20)31/h4-13,16H,14-15H2,1-3H3,(H,34,35)(H,36,39)(H,33,37,38)/b17-6+,18-7+. The van der Waals surface area contributed by atoms with Gasteiger partial charge in [-0.15, -0.1) is 0 Å². The lowest BCUT2D eigenvalue weighted by molar-refractivity contribution is 0.0951. The van der Waals surface area contributed by atoms with E-state index in [4.69, 9.17) is 0 Å². The predicted octanol–water partition coefficient (Wildman–Crippen LogP) is 5.88. The van der Waals surface area contributed by atoms with Gasteiger partial charge in [0.25, 0.3) is 5.91 Å². The van der Waals surface area contributed by atoms with E-state index in [1.165, 1.54) is 6.33 Å². The van der Waals surface area contributed by atoms with Gasteiger partial charge in [-0.25, -0.2) is 28.1 Å². The molecule has 39 heavy (non-hydrogen) atoms. The topological polar surface area (TPSA) is 91.8 Å². The molecule has 2 aromatic heterocycles. The first kappa shape index (κ1) is 27.3. The van der Waals surface area contributed by atoms with Gasteiger partial charge in [0.2, 0.25) is 0 Å². The van der Waals surface area contributed by atoms with E-state index < -0.39 is 23.4 Å². The summed E-state index contributed by atoms with van der Waals surface area (Å²) in [7, 11) is 1.82. The summed E-state index contributed by atoms with van der Waals surface area (Å²) in [6.07, 6.45) is 7.05. The zero-order chi connectivity index (χ0) is 27.9. The molecule has 0 aliphatic carbocycles. The van der Waals surface area contributed by atoms with Crippen molar-refractivity contribution in [3.8, 4) is 0 Å². The first-order valence-electron chi connectivity index (χ1n) is 12.1. The van der Waals surface area contributed by atoms with E-state index in [1.54, 1.807) is 18.3 Å². The van der Waals surface area contributed by atoms with Crippen LogP contribution >= 0.6 is 0 Å². The van der Waals surface area contributed by atoms with Crippen LogP contribution in [0.5, 0.6) is 0 Å². The molecule has 0 unspecified atom stereocenters. The van der Waals surface area contributed by atoms with Gasteiger partial charge in [0, 0.05) is 37.3 Å². The van der Waals surface area contributed by atoms with Crippen LogP contribution in [0.15, 0.2) is 72.7 Å². The summed E-state index contributed by atoms with van der Waals surface area (Å²) in [4.78, 5) is 25.6. The van der Waals surface area contributed by atoms with Crippen molar-refractivity contribution in [2.24, 2.45) is 0 Å².